The van der Waals surface area contributed by atoms with Gasteiger partial charge in [-0.25, -0.2) is 9.59 Å². The molecule has 0 saturated heterocycles. The van der Waals surface area contributed by atoms with Crippen molar-refractivity contribution in [2.45, 2.75) is 32.4 Å². The lowest BCUT2D eigenvalue weighted by molar-refractivity contribution is -0.138. The Labute approximate surface area is 93.9 Å². The molecule has 0 radical (unpaired) electrons. The van der Waals surface area contributed by atoms with Crippen molar-refractivity contribution in [3.05, 3.63) is 12.2 Å². The zero-order chi connectivity index (χ0) is 12.8. The lowest BCUT2D eigenvalue weighted by Gasteiger charge is -2.20. The Morgan fingerprint density at radius 1 is 1.44 bits per heavy atom. The highest BCUT2D eigenvalue weighted by molar-refractivity contribution is 5.81. The molecule has 0 aliphatic carbocycles. The number of aliphatic hydroxyl groups excluding tert-OH is 1. The number of ether oxygens (including phenoxy) is 1. The van der Waals surface area contributed by atoms with Crippen LogP contribution in [0.25, 0.3) is 0 Å². The second-order valence-electron chi connectivity index (χ2n) is 4.07. The number of aliphatic carboxylic acids is 1. The van der Waals surface area contributed by atoms with Crippen molar-refractivity contribution in [2.75, 3.05) is 6.61 Å². The maximum atomic E-state index is 11.2. The van der Waals surface area contributed by atoms with Gasteiger partial charge in [-0.1, -0.05) is 12.2 Å². The van der Waals surface area contributed by atoms with Crippen LogP contribution >= 0.6 is 0 Å². The molecular weight excluding hydrogens is 214 g/mol. The van der Waals surface area contributed by atoms with Crippen molar-refractivity contribution in [3.8, 4) is 0 Å². The van der Waals surface area contributed by atoms with Crippen molar-refractivity contribution in [1.82, 2.24) is 5.32 Å². The van der Waals surface area contributed by atoms with E-state index in [0.29, 0.717) is 0 Å². The van der Waals surface area contributed by atoms with Crippen LogP contribution in [-0.2, 0) is 9.53 Å². The molecule has 0 rings (SSSR count). The molecule has 0 heterocycles. The molecule has 3 N–H and O–H groups in total. The highest BCUT2D eigenvalue weighted by atomic mass is 16.6. The molecule has 0 spiro atoms. The SMILES string of the molecule is CC(C)(C)OC(=O)NC(C=CCO)C(=O)O. The number of rotatable bonds is 4. The average Bonchev–Trinajstić information content (AvgIpc) is 2.08. The van der Waals surface area contributed by atoms with E-state index in [1.165, 1.54) is 12.2 Å². The molecule has 1 unspecified atom stereocenters. The quantitative estimate of drug-likeness (QED) is 0.613. The highest BCUT2D eigenvalue weighted by Crippen LogP contribution is 2.06. The topological polar surface area (TPSA) is 95.9 Å². The first-order valence-corrected chi connectivity index (χ1v) is 4.76. The van der Waals surface area contributed by atoms with E-state index in [2.05, 4.69) is 5.32 Å². The van der Waals surface area contributed by atoms with Crippen molar-refractivity contribution >= 4 is 12.1 Å². The van der Waals surface area contributed by atoms with E-state index in [1.807, 2.05) is 0 Å². The Morgan fingerprint density at radius 2 is 2.00 bits per heavy atom. The van der Waals surface area contributed by atoms with Crippen LogP contribution in [0, 0.1) is 0 Å². The summed E-state index contributed by atoms with van der Waals surface area (Å²) in [5.74, 6) is -1.23. The summed E-state index contributed by atoms with van der Waals surface area (Å²) >= 11 is 0. The van der Waals surface area contributed by atoms with E-state index < -0.39 is 23.7 Å². The van der Waals surface area contributed by atoms with Crippen molar-refractivity contribution in [1.29, 1.82) is 0 Å². The van der Waals surface area contributed by atoms with Gasteiger partial charge in [-0.15, -0.1) is 0 Å². The van der Waals surface area contributed by atoms with Gasteiger partial charge in [-0.2, -0.15) is 0 Å². The first kappa shape index (κ1) is 14.4. The third-order valence-electron chi connectivity index (χ3n) is 1.37. The fraction of sp³-hybridized carbons (Fsp3) is 0.600. The first-order chi connectivity index (χ1) is 7.26. The summed E-state index contributed by atoms with van der Waals surface area (Å²) in [4.78, 5) is 21.9. The monoisotopic (exact) mass is 231 g/mol. The van der Waals surface area contributed by atoms with Gasteiger partial charge < -0.3 is 20.3 Å². The number of hydrogen-bond acceptors (Lipinski definition) is 4. The van der Waals surface area contributed by atoms with E-state index in [1.54, 1.807) is 20.8 Å². The first-order valence-electron chi connectivity index (χ1n) is 4.76. The molecule has 0 bridgehead atoms. The fourth-order valence-corrected chi connectivity index (χ4v) is 0.824. The Bertz CT molecular complexity index is 279. The lowest BCUT2D eigenvalue weighted by Crippen LogP contribution is -2.42. The molecule has 0 aliphatic rings. The van der Waals surface area contributed by atoms with Crippen LogP contribution in [0.1, 0.15) is 20.8 Å². The van der Waals surface area contributed by atoms with E-state index in [-0.39, 0.29) is 6.61 Å². The molecule has 0 aliphatic heterocycles. The Kier molecular flexibility index (Phi) is 5.52. The number of amides is 1. The van der Waals surface area contributed by atoms with E-state index in [0.717, 1.165) is 0 Å². The van der Waals surface area contributed by atoms with Gasteiger partial charge in [0.05, 0.1) is 6.61 Å². The molecule has 1 amide bonds. The second kappa shape index (κ2) is 6.12. The standard InChI is InChI=1S/C10H17NO5/c1-10(2,3)16-9(15)11-7(8(13)14)5-4-6-12/h4-5,7,12H,6H2,1-3H3,(H,11,15)(H,13,14). The van der Waals surface area contributed by atoms with Gasteiger partial charge >= 0.3 is 12.1 Å². The summed E-state index contributed by atoms with van der Waals surface area (Å²) in [6.07, 6.45) is 1.59. The van der Waals surface area contributed by atoms with Crippen LogP contribution in [0.4, 0.5) is 4.79 Å². The van der Waals surface area contributed by atoms with E-state index >= 15 is 0 Å². The van der Waals surface area contributed by atoms with Gasteiger partial charge in [0.25, 0.3) is 0 Å². The van der Waals surface area contributed by atoms with E-state index in [9.17, 15) is 9.59 Å². The van der Waals surface area contributed by atoms with Gasteiger partial charge in [0, 0.05) is 0 Å². The second-order valence-corrected chi connectivity index (χ2v) is 4.07. The molecule has 1 atom stereocenters. The summed E-state index contributed by atoms with van der Waals surface area (Å²) in [7, 11) is 0. The fourth-order valence-electron chi connectivity index (χ4n) is 0.824. The molecule has 0 aromatic rings. The lowest BCUT2D eigenvalue weighted by atomic mass is 10.2. The molecule has 6 heteroatoms. The molecule has 0 saturated carbocycles. The molecule has 0 fully saturated rings. The van der Waals surface area contributed by atoms with Gasteiger partial charge in [0.1, 0.15) is 11.6 Å². The maximum absolute atomic E-state index is 11.2. The van der Waals surface area contributed by atoms with Crippen LogP contribution in [0.5, 0.6) is 0 Å². The number of carboxylic acid groups (broad SMARTS) is 1. The Morgan fingerprint density at radius 3 is 2.38 bits per heavy atom. The van der Waals surface area contributed by atoms with Gasteiger partial charge in [0.2, 0.25) is 0 Å². The van der Waals surface area contributed by atoms with Gasteiger partial charge in [-0.3, -0.25) is 0 Å². The summed E-state index contributed by atoms with van der Waals surface area (Å²) in [5, 5.41) is 19.4. The number of carbonyl (C=O) groups is 2. The third kappa shape index (κ3) is 6.83. The van der Waals surface area contributed by atoms with Crippen LogP contribution in [0.15, 0.2) is 12.2 Å². The minimum atomic E-state index is -1.23. The Balaban J connectivity index is 4.36. The van der Waals surface area contributed by atoms with Gasteiger partial charge in [0.15, 0.2) is 0 Å². The number of alkyl carbamates (subject to hydrolysis) is 1. The largest absolute Gasteiger partial charge is 0.479 e. The third-order valence-corrected chi connectivity index (χ3v) is 1.37. The maximum Gasteiger partial charge on any atom is 0.408 e. The zero-order valence-corrected chi connectivity index (χ0v) is 9.56. The molecule has 92 valence electrons. The predicted octanol–water partition coefficient (Wildman–Crippen LogP) is 0.513. The van der Waals surface area contributed by atoms with Crippen molar-refractivity contribution in [2.24, 2.45) is 0 Å². The minimum absolute atomic E-state index is 0.292. The van der Waals surface area contributed by atoms with Crippen LogP contribution in [0.3, 0.4) is 0 Å². The van der Waals surface area contributed by atoms with Crippen LogP contribution in [0.2, 0.25) is 0 Å². The normalized spacial score (nSPS) is 13.5. The van der Waals surface area contributed by atoms with Crippen molar-refractivity contribution in [3.63, 3.8) is 0 Å². The minimum Gasteiger partial charge on any atom is -0.479 e. The molecule has 0 aromatic heterocycles. The zero-order valence-electron chi connectivity index (χ0n) is 9.56. The number of nitrogens with one attached hydrogen (secondary N) is 1. The average molecular weight is 231 g/mol. The van der Waals surface area contributed by atoms with Crippen molar-refractivity contribution < 1.29 is 24.5 Å². The summed E-state index contributed by atoms with van der Waals surface area (Å²) in [6.45, 7) is 4.73. The summed E-state index contributed by atoms with van der Waals surface area (Å²) in [6, 6.07) is -1.21. The molecule has 16 heavy (non-hydrogen) atoms. The highest BCUT2D eigenvalue weighted by Gasteiger charge is 2.21. The van der Waals surface area contributed by atoms with Crippen LogP contribution < -0.4 is 5.32 Å². The summed E-state index contributed by atoms with van der Waals surface area (Å²) in [5.41, 5.74) is -0.687. The van der Waals surface area contributed by atoms with E-state index in [4.69, 9.17) is 14.9 Å². The molecule has 0 aromatic carbocycles. The number of carbonyl (C=O) groups excluding carboxylic acids is 1. The molecular formula is C10H17NO5. The number of hydrogen-bond donors (Lipinski definition) is 3. The Hall–Kier alpha value is -1.56. The molecule has 6 nitrogen and oxygen atoms in total. The number of carboxylic acids is 1. The van der Waals surface area contributed by atoms with Crippen LogP contribution in [-0.4, -0.2) is 40.5 Å². The van der Waals surface area contributed by atoms with Gasteiger partial charge in [-0.05, 0) is 20.8 Å². The smallest absolute Gasteiger partial charge is 0.408 e. The summed E-state index contributed by atoms with van der Waals surface area (Å²) < 4.78 is 4.89. The predicted molar refractivity (Wildman–Crippen MR) is 57.0 cm³/mol. The number of aliphatic hydroxyl groups is 1.